The molecule has 0 fully saturated rings. The molecule has 0 amide bonds. The molecule has 0 aromatic carbocycles. The number of rotatable bonds is 5. The number of carboxylic acid groups (broad SMARTS) is 1. The largest absolute Gasteiger partial charge is 0.481 e. The van der Waals surface area contributed by atoms with Gasteiger partial charge in [-0.3, -0.25) is 4.79 Å². The first kappa shape index (κ1) is 10.4. The molecule has 0 aliphatic carbocycles. The van der Waals surface area contributed by atoms with Gasteiger partial charge in [-0.25, -0.2) is 0 Å². The molecule has 11 heavy (non-hydrogen) atoms. The van der Waals surface area contributed by atoms with Crippen molar-refractivity contribution in [2.75, 3.05) is 13.7 Å². The van der Waals surface area contributed by atoms with Crippen LogP contribution in [0.25, 0.3) is 0 Å². The van der Waals surface area contributed by atoms with E-state index in [9.17, 15) is 9.90 Å². The summed E-state index contributed by atoms with van der Waals surface area (Å²) in [6.07, 6.45) is 0.103. The molecule has 0 bridgehead atoms. The lowest BCUT2D eigenvalue weighted by molar-refractivity contribution is -0.142. The van der Waals surface area contributed by atoms with Crippen LogP contribution in [0.4, 0.5) is 0 Å². The van der Waals surface area contributed by atoms with Gasteiger partial charge in [0.1, 0.15) is 0 Å². The van der Waals surface area contributed by atoms with E-state index < -0.39 is 11.6 Å². The molecular formula is C7H14O4. The second-order valence-electron chi connectivity index (χ2n) is 2.81. The molecule has 0 aliphatic rings. The first-order valence-corrected chi connectivity index (χ1v) is 3.41. The predicted octanol–water partition coefficient (Wildman–Crippen LogP) is 0.249. The second-order valence-corrected chi connectivity index (χ2v) is 2.81. The molecule has 0 heterocycles. The third-order valence-electron chi connectivity index (χ3n) is 1.38. The van der Waals surface area contributed by atoms with Gasteiger partial charge >= 0.3 is 5.97 Å². The van der Waals surface area contributed by atoms with Crippen LogP contribution in [-0.4, -0.2) is 35.5 Å². The minimum atomic E-state index is -1.15. The lowest BCUT2D eigenvalue weighted by Gasteiger charge is -2.19. The van der Waals surface area contributed by atoms with Crippen molar-refractivity contribution < 1.29 is 19.7 Å². The molecule has 66 valence electrons. The van der Waals surface area contributed by atoms with Gasteiger partial charge in [-0.1, -0.05) is 0 Å². The number of aliphatic carboxylic acids is 1. The zero-order valence-electron chi connectivity index (χ0n) is 6.83. The Hall–Kier alpha value is -0.610. The Bertz CT molecular complexity index is 130. The van der Waals surface area contributed by atoms with Crippen LogP contribution in [0, 0.1) is 0 Å². The number of carboxylic acids is 1. The fourth-order valence-corrected chi connectivity index (χ4v) is 0.736. The molecule has 1 atom stereocenters. The van der Waals surface area contributed by atoms with Crippen molar-refractivity contribution in [3.63, 3.8) is 0 Å². The average molecular weight is 162 g/mol. The Morgan fingerprint density at radius 2 is 2.18 bits per heavy atom. The van der Waals surface area contributed by atoms with Crippen LogP contribution in [0.1, 0.15) is 19.8 Å². The molecule has 0 saturated carbocycles. The summed E-state index contributed by atoms with van der Waals surface area (Å²) in [6, 6.07) is 0. The molecule has 2 N–H and O–H groups in total. The molecule has 4 heteroatoms. The average Bonchev–Trinajstić information content (AvgIpc) is 1.81. The predicted molar refractivity (Wildman–Crippen MR) is 39.4 cm³/mol. The van der Waals surface area contributed by atoms with Gasteiger partial charge in [-0.2, -0.15) is 0 Å². The second kappa shape index (κ2) is 4.31. The lowest BCUT2D eigenvalue weighted by atomic mass is 9.99. The van der Waals surface area contributed by atoms with Crippen LogP contribution < -0.4 is 0 Å². The van der Waals surface area contributed by atoms with E-state index in [-0.39, 0.29) is 6.42 Å². The minimum absolute atomic E-state index is 0.240. The SMILES string of the molecule is COCC[C@@](C)(O)CC(=O)O. The third kappa shape index (κ3) is 5.82. The van der Waals surface area contributed by atoms with Crippen LogP contribution >= 0.6 is 0 Å². The van der Waals surface area contributed by atoms with Gasteiger partial charge in [0.05, 0.1) is 12.0 Å². The van der Waals surface area contributed by atoms with E-state index in [0.29, 0.717) is 13.0 Å². The van der Waals surface area contributed by atoms with Crippen LogP contribution in [0.3, 0.4) is 0 Å². The Kier molecular flexibility index (Phi) is 4.07. The fraction of sp³-hybridized carbons (Fsp3) is 0.857. The standard InChI is InChI=1S/C7H14O4/c1-7(10,3-4-11-2)5-6(8)9/h10H,3-5H2,1-2H3,(H,8,9)/t7-/m1/s1. The van der Waals surface area contributed by atoms with Crippen molar-refractivity contribution in [2.24, 2.45) is 0 Å². The summed E-state index contributed by atoms with van der Waals surface area (Å²) in [5.74, 6) is -0.994. The van der Waals surface area contributed by atoms with Crippen molar-refractivity contribution in [1.82, 2.24) is 0 Å². The summed E-state index contributed by atoms with van der Waals surface area (Å²) in [5.41, 5.74) is -1.15. The van der Waals surface area contributed by atoms with Crippen LogP contribution in [-0.2, 0) is 9.53 Å². The monoisotopic (exact) mass is 162 g/mol. The van der Waals surface area contributed by atoms with E-state index >= 15 is 0 Å². The molecule has 0 aliphatic heterocycles. The van der Waals surface area contributed by atoms with Gasteiger partial charge in [-0.15, -0.1) is 0 Å². The molecule has 4 nitrogen and oxygen atoms in total. The van der Waals surface area contributed by atoms with Gasteiger partial charge in [0, 0.05) is 13.7 Å². The Morgan fingerprint density at radius 1 is 1.64 bits per heavy atom. The fourth-order valence-electron chi connectivity index (χ4n) is 0.736. The summed E-state index contributed by atoms with van der Waals surface area (Å²) in [5, 5.41) is 17.7. The molecule has 0 radical (unpaired) electrons. The summed E-state index contributed by atoms with van der Waals surface area (Å²) in [7, 11) is 1.51. The summed E-state index contributed by atoms with van der Waals surface area (Å²) in [6.45, 7) is 1.86. The molecule has 0 unspecified atom stereocenters. The van der Waals surface area contributed by atoms with E-state index in [2.05, 4.69) is 0 Å². The molecule has 0 saturated heterocycles. The van der Waals surface area contributed by atoms with E-state index in [0.717, 1.165) is 0 Å². The molecule has 0 aromatic heterocycles. The van der Waals surface area contributed by atoms with Gasteiger partial charge in [0.25, 0.3) is 0 Å². The number of hydrogen-bond acceptors (Lipinski definition) is 3. The first-order chi connectivity index (χ1) is 4.98. The highest BCUT2D eigenvalue weighted by Gasteiger charge is 2.23. The molecular weight excluding hydrogens is 148 g/mol. The van der Waals surface area contributed by atoms with Gasteiger partial charge in [0.15, 0.2) is 0 Å². The number of hydrogen-bond donors (Lipinski definition) is 2. The molecule has 0 aromatic rings. The van der Waals surface area contributed by atoms with Crippen molar-refractivity contribution in [3.8, 4) is 0 Å². The highest BCUT2D eigenvalue weighted by atomic mass is 16.5. The number of carbonyl (C=O) groups is 1. The number of ether oxygens (including phenoxy) is 1. The normalized spacial score (nSPS) is 15.9. The smallest absolute Gasteiger partial charge is 0.306 e. The molecule has 0 rings (SSSR count). The highest BCUT2D eigenvalue weighted by molar-refractivity contribution is 5.67. The van der Waals surface area contributed by atoms with E-state index in [1.54, 1.807) is 0 Å². The minimum Gasteiger partial charge on any atom is -0.481 e. The first-order valence-electron chi connectivity index (χ1n) is 3.41. The maximum atomic E-state index is 10.2. The maximum Gasteiger partial charge on any atom is 0.306 e. The van der Waals surface area contributed by atoms with Crippen molar-refractivity contribution >= 4 is 5.97 Å². The van der Waals surface area contributed by atoms with Crippen LogP contribution in [0.5, 0.6) is 0 Å². The maximum absolute atomic E-state index is 10.2. The lowest BCUT2D eigenvalue weighted by Crippen LogP contribution is -2.29. The van der Waals surface area contributed by atoms with Crippen LogP contribution in [0.15, 0.2) is 0 Å². The summed E-state index contributed by atoms with van der Waals surface area (Å²) < 4.78 is 4.71. The number of methoxy groups -OCH3 is 1. The van der Waals surface area contributed by atoms with Gasteiger partial charge in [0.2, 0.25) is 0 Å². The van der Waals surface area contributed by atoms with Crippen molar-refractivity contribution in [3.05, 3.63) is 0 Å². The highest BCUT2D eigenvalue weighted by Crippen LogP contribution is 2.13. The summed E-state index contributed by atoms with van der Waals surface area (Å²) >= 11 is 0. The van der Waals surface area contributed by atoms with Gasteiger partial charge < -0.3 is 14.9 Å². The van der Waals surface area contributed by atoms with Crippen molar-refractivity contribution in [1.29, 1.82) is 0 Å². The molecule has 0 spiro atoms. The van der Waals surface area contributed by atoms with E-state index in [1.165, 1.54) is 14.0 Å². The van der Waals surface area contributed by atoms with Crippen molar-refractivity contribution in [2.45, 2.75) is 25.4 Å². The van der Waals surface area contributed by atoms with Gasteiger partial charge in [-0.05, 0) is 13.3 Å². The Labute approximate surface area is 65.8 Å². The zero-order valence-corrected chi connectivity index (χ0v) is 6.83. The van der Waals surface area contributed by atoms with E-state index in [4.69, 9.17) is 9.84 Å². The Morgan fingerprint density at radius 3 is 2.55 bits per heavy atom. The quantitative estimate of drug-likeness (QED) is 0.608. The Balaban J connectivity index is 3.70. The van der Waals surface area contributed by atoms with E-state index in [1.807, 2.05) is 0 Å². The van der Waals surface area contributed by atoms with Crippen LogP contribution in [0.2, 0.25) is 0 Å². The topological polar surface area (TPSA) is 66.8 Å². The zero-order chi connectivity index (χ0) is 8.91. The summed E-state index contributed by atoms with van der Waals surface area (Å²) in [4.78, 5) is 10.2. The third-order valence-corrected chi connectivity index (χ3v) is 1.38. The number of aliphatic hydroxyl groups is 1.